The Morgan fingerprint density at radius 2 is 1.62 bits per heavy atom. The van der Waals surface area contributed by atoms with Crippen molar-refractivity contribution in [1.82, 2.24) is 10.2 Å². The Morgan fingerprint density at radius 1 is 0.966 bits per heavy atom. The van der Waals surface area contributed by atoms with Gasteiger partial charge in [0.05, 0.1) is 0 Å². The minimum Gasteiger partial charge on any atom is -0.354 e. The lowest BCUT2D eigenvalue weighted by Gasteiger charge is -2.29. The quantitative estimate of drug-likeness (QED) is 0.604. The summed E-state index contributed by atoms with van der Waals surface area (Å²) in [6.45, 7) is 7.03. The van der Waals surface area contributed by atoms with Crippen LogP contribution in [0.1, 0.15) is 44.7 Å². The van der Waals surface area contributed by atoms with E-state index in [4.69, 9.17) is 11.6 Å². The highest BCUT2D eigenvalue weighted by molar-refractivity contribution is 6.30. The maximum atomic E-state index is 13.0. The van der Waals surface area contributed by atoms with E-state index >= 15 is 0 Å². The first-order valence-corrected chi connectivity index (χ1v) is 10.6. The Hall–Kier alpha value is -2.33. The minimum atomic E-state index is -0.541. The van der Waals surface area contributed by atoms with E-state index in [2.05, 4.69) is 19.2 Å². The molecule has 0 spiro atoms. The zero-order chi connectivity index (χ0) is 21.2. The van der Waals surface area contributed by atoms with Crippen molar-refractivity contribution < 1.29 is 9.59 Å². The van der Waals surface area contributed by atoms with Gasteiger partial charge in [-0.1, -0.05) is 67.9 Å². The third-order valence-electron chi connectivity index (χ3n) is 4.92. The summed E-state index contributed by atoms with van der Waals surface area (Å²) in [5.74, 6) is 0.367. The second kappa shape index (κ2) is 11.6. The number of halogens is 1. The zero-order valence-electron chi connectivity index (χ0n) is 17.5. The Kier molecular flexibility index (Phi) is 9.20. The molecular weight excluding hydrogens is 384 g/mol. The number of hydrogen-bond acceptors (Lipinski definition) is 2. The van der Waals surface area contributed by atoms with Gasteiger partial charge in [-0.25, -0.2) is 0 Å². The average molecular weight is 415 g/mol. The first kappa shape index (κ1) is 23.0. The summed E-state index contributed by atoms with van der Waals surface area (Å²) in [6.07, 6.45) is 1.93. The normalized spacial score (nSPS) is 11.9. The number of carbonyl (C=O) groups excluding carboxylic acids is 2. The summed E-state index contributed by atoms with van der Waals surface area (Å²) in [5, 5.41) is 3.61. The van der Waals surface area contributed by atoms with Gasteiger partial charge in [-0.3, -0.25) is 9.59 Å². The second-order valence-electron chi connectivity index (χ2n) is 7.78. The monoisotopic (exact) mass is 414 g/mol. The fourth-order valence-corrected chi connectivity index (χ4v) is 3.17. The van der Waals surface area contributed by atoms with Crippen LogP contribution >= 0.6 is 11.6 Å². The summed E-state index contributed by atoms with van der Waals surface area (Å²) in [6, 6.07) is 16.8. The van der Waals surface area contributed by atoms with E-state index in [1.54, 1.807) is 24.0 Å². The molecule has 2 rings (SSSR count). The molecule has 2 aromatic carbocycles. The van der Waals surface area contributed by atoms with Crippen molar-refractivity contribution >= 4 is 23.4 Å². The Labute approximate surface area is 179 Å². The highest BCUT2D eigenvalue weighted by atomic mass is 35.5. The smallest absolute Gasteiger partial charge is 0.242 e. The Bertz CT molecular complexity index is 775. The minimum absolute atomic E-state index is 0.0321. The van der Waals surface area contributed by atoms with Gasteiger partial charge in [-0.2, -0.15) is 0 Å². The lowest BCUT2D eigenvalue weighted by molar-refractivity contribution is -0.140. The molecule has 0 aromatic heterocycles. The number of carbonyl (C=O) groups is 2. The van der Waals surface area contributed by atoms with Crippen LogP contribution in [0, 0.1) is 5.92 Å². The molecule has 1 N–H and O–H groups in total. The van der Waals surface area contributed by atoms with Gasteiger partial charge in [-0.15, -0.1) is 0 Å². The van der Waals surface area contributed by atoms with Crippen molar-refractivity contribution in [2.75, 3.05) is 6.54 Å². The molecule has 4 nitrogen and oxygen atoms in total. The van der Waals surface area contributed by atoms with Crippen LogP contribution in [0.15, 0.2) is 54.6 Å². The molecule has 0 aliphatic rings. The highest BCUT2D eigenvalue weighted by Gasteiger charge is 2.25. The van der Waals surface area contributed by atoms with E-state index in [0.29, 0.717) is 36.9 Å². The molecule has 0 bridgehead atoms. The van der Waals surface area contributed by atoms with Crippen LogP contribution in [0.2, 0.25) is 5.02 Å². The van der Waals surface area contributed by atoms with Crippen LogP contribution in [0.5, 0.6) is 0 Å². The van der Waals surface area contributed by atoms with Gasteiger partial charge in [0.2, 0.25) is 11.8 Å². The van der Waals surface area contributed by atoms with Gasteiger partial charge in [0, 0.05) is 24.5 Å². The fraction of sp³-hybridized carbons (Fsp3) is 0.417. The molecule has 0 saturated carbocycles. The van der Waals surface area contributed by atoms with Gasteiger partial charge in [0.1, 0.15) is 6.04 Å². The third kappa shape index (κ3) is 7.90. The lowest BCUT2D eigenvalue weighted by atomic mass is 10.1. The molecule has 0 heterocycles. The number of nitrogens with one attached hydrogen (secondary N) is 1. The number of amides is 2. The number of benzene rings is 2. The zero-order valence-corrected chi connectivity index (χ0v) is 18.3. The number of aryl methyl sites for hydroxylation is 1. The predicted molar refractivity (Wildman–Crippen MR) is 119 cm³/mol. The van der Waals surface area contributed by atoms with Crippen LogP contribution in [0.4, 0.5) is 0 Å². The van der Waals surface area contributed by atoms with Crippen molar-refractivity contribution in [2.24, 2.45) is 5.92 Å². The van der Waals surface area contributed by atoms with E-state index in [0.717, 1.165) is 17.5 Å². The van der Waals surface area contributed by atoms with E-state index in [9.17, 15) is 9.59 Å². The van der Waals surface area contributed by atoms with E-state index in [1.165, 1.54) is 0 Å². The Balaban J connectivity index is 2.07. The molecule has 1 atom stereocenters. The van der Waals surface area contributed by atoms with Crippen molar-refractivity contribution in [3.8, 4) is 0 Å². The highest BCUT2D eigenvalue weighted by Crippen LogP contribution is 2.15. The maximum Gasteiger partial charge on any atom is 0.242 e. The first-order valence-electron chi connectivity index (χ1n) is 10.2. The van der Waals surface area contributed by atoms with Crippen LogP contribution < -0.4 is 5.32 Å². The molecule has 5 heteroatoms. The molecular formula is C24H31ClN2O2. The summed E-state index contributed by atoms with van der Waals surface area (Å²) in [4.78, 5) is 27.4. The van der Waals surface area contributed by atoms with Crippen molar-refractivity contribution in [2.45, 2.75) is 52.6 Å². The molecule has 0 saturated heterocycles. The van der Waals surface area contributed by atoms with Crippen molar-refractivity contribution in [3.63, 3.8) is 0 Å². The van der Waals surface area contributed by atoms with Crippen molar-refractivity contribution in [1.29, 1.82) is 0 Å². The summed E-state index contributed by atoms with van der Waals surface area (Å²) in [7, 11) is 0. The number of hydrogen-bond donors (Lipinski definition) is 1. The van der Waals surface area contributed by atoms with E-state index < -0.39 is 6.04 Å². The third-order valence-corrected chi connectivity index (χ3v) is 5.18. The standard InChI is InChI=1S/C24H31ClN2O2/c1-18(2)15-16-26-24(29)19(3)27(17-21-9-12-22(25)13-10-21)23(28)14-11-20-7-5-4-6-8-20/h4-10,12-13,18-19H,11,14-17H2,1-3H3,(H,26,29). The second-order valence-corrected chi connectivity index (χ2v) is 8.22. The van der Waals surface area contributed by atoms with E-state index in [1.807, 2.05) is 42.5 Å². The topological polar surface area (TPSA) is 49.4 Å². The van der Waals surface area contributed by atoms with Gasteiger partial charge in [0.25, 0.3) is 0 Å². The fourth-order valence-electron chi connectivity index (χ4n) is 3.04. The molecule has 2 amide bonds. The molecule has 29 heavy (non-hydrogen) atoms. The van der Waals surface area contributed by atoms with Crippen LogP contribution in [0.25, 0.3) is 0 Å². The van der Waals surface area contributed by atoms with Crippen LogP contribution in [-0.2, 0) is 22.6 Å². The largest absolute Gasteiger partial charge is 0.354 e. The van der Waals surface area contributed by atoms with Crippen molar-refractivity contribution in [3.05, 3.63) is 70.7 Å². The van der Waals surface area contributed by atoms with Gasteiger partial charge in [-0.05, 0) is 48.9 Å². The van der Waals surface area contributed by atoms with Gasteiger partial charge >= 0.3 is 0 Å². The SMILES string of the molecule is CC(C)CCNC(=O)C(C)N(Cc1ccc(Cl)cc1)C(=O)CCc1ccccc1. The van der Waals surface area contributed by atoms with Crippen LogP contribution in [0.3, 0.4) is 0 Å². The summed E-state index contributed by atoms with van der Waals surface area (Å²) >= 11 is 5.98. The molecule has 0 aliphatic heterocycles. The van der Waals surface area contributed by atoms with E-state index in [-0.39, 0.29) is 11.8 Å². The molecule has 1 unspecified atom stereocenters. The number of rotatable bonds is 10. The lowest BCUT2D eigenvalue weighted by Crippen LogP contribution is -2.48. The van der Waals surface area contributed by atoms with Gasteiger partial charge in [0.15, 0.2) is 0 Å². The molecule has 156 valence electrons. The number of nitrogens with zero attached hydrogens (tertiary/aromatic N) is 1. The Morgan fingerprint density at radius 3 is 2.24 bits per heavy atom. The molecule has 0 radical (unpaired) electrons. The predicted octanol–water partition coefficient (Wildman–Crippen LogP) is 4.85. The molecule has 0 aliphatic carbocycles. The molecule has 0 fully saturated rings. The van der Waals surface area contributed by atoms with Crippen LogP contribution in [-0.4, -0.2) is 29.3 Å². The first-order chi connectivity index (χ1) is 13.9. The maximum absolute atomic E-state index is 13.0. The molecule has 2 aromatic rings. The summed E-state index contributed by atoms with van der Waals surface area (Å²) in [5.41, 5.74) is 2.06. The summed E-state index contributed by atoms with van der Waals surface area (Å²) < 4.78 is 0. The average Bonchev–Trinajstić information content (AvgIpc) is 2.71. The van der Waals surface area contributed by atoms with Gasteiger partial charge < -0.3 is 10.2 Å².